The van der Waals surface area contributed by atoms with Crippen molar-refractivity contribution in [1.82, 2.24) is 0 Å². The third-order valence-corrected chi connectivity index (χ3v) is 5.54. The van der Waals surface area contributed by atoms with Crippen LogP contribution in [0.1, 0.15) is 71.3 Å². The van der Waals surface area contributed by atoms with Gasteiger partial charge in [-0.1, -0.05) is 38.7 Å². The minimum Gasteiger partial charge on any atom is -0.481 e. The number of carboxylic acids is 1. The van der Waals surface area contributed by atoms with Crippen LogP contribution in [0.15, 0.2) is 18.2 Å². The molecule has 5 nitrogen and oxygen atoms in total. The molecule has 0 aliphatic heterocycles. The Kier molecular flexibility index (Phi) is 7.54. The van der Waals surface area contributed by atoms with E-state index in [1.54, 1.807) is 0 Å². The average molecular weight is 377 g/mol. The number of hydrogen-bond donors (Lipinski definition) is 3. The fourth-order valence-corrected chi connectivity index (χ4v) is 4.15. The van der Waals surface area contributed by atoms with E-state index in [0.29, 0.717) is 18.3 Å². The Morgan fingerprint density at radius 3 is 2.48 bits per heavy atom. The van der Waals surface area contributed by atoms with Gasteiger partial charge in [0.2, 0.25) is 0 Å². The van der Waals surface area contributed by atoms with Gasteiger partial charge in [0.05, 0.1) is 17.0 Å². The van der Waals surface area contributed by atoms with Crippen molar-refractivity contribution in [3.05, 3.63) is 23.8 Å². The molecule has 4 N–H and O–H groups in total. The first-order valence-electron chi connectivity index (χ1n) is 10.3. The maximum atomic E-state index is 11.0. The fraction of sp³-hybridized carbons (Fsp3) is 0.682. The van der Waals surface area contributed by atoms with Crippen molar-refractivity contribution >= 4 is 17.3 Å². The van der Waals surface area contributed by atoms with Crippen LogP contribution in [-0.4, -0.2) is 34.4 Å². The molecule has 0 saturated heterocycles. The lowest BCUT2D eigenvalue weighted by molar-refractivity contribution is -0.138. The number of nitrogens with two attached hydrogens (primary N) is 1. The molecule has 2 rings (SSSR count). The highest BCUT2D eigenvalue weighted by Gasteiger charge is 2.28. The first kappa shape index (κ1) is 21.5. The molecule has 5 heteroatoms. The van der Waals surface area contributed by atoms with E-state index in [2.05, 4.69) is 17.0 Å². The van der Waals surface area contributed by atoms with Gasteiger partial charge in [-0.25, -0.2) is 0 Å². The summed E-state index contributed by atoms with van der Waals surface area (Å²) in [5.41, 5.74) is 8.41. The molecule has 152 valence electrons. The summed E-state index contributed by atoms with van der Waals surface area (Å²) in [4.78, 5) is 13.3. The van der Waals surface area contributed by atoms with Gasteiger partial charge in [0.1, 0.15) is 0 Å². The van der Waals surface area contributed by atoms with Crippen molar-refractivity contribution in [3.63, 3.8) is 0 Å². The van der Waals surface area contributed by atoms with Crippen LogP contribution in [0.3, 0.4) is 0 Å². The van der Waals surface area contributed by atoms with E-state index in [1.165, 1.54) is 19.3 Å². The van der Waals surface area contributed by atoms with Gasteiger partial charge in [-0.05, 0) is 56.7 Å². The van der Waals surface area contributed by atoms with Crippen LogP contribution >= 0.6 is 0 Å². The molecule has 1 fully saturated rings. The predicted molar refractivity (Wildman–Crippen MR) is 111 cm³/mol. The van der Waals surface area contributed by atoms with E-state index in [-0.39, 0.29) is 12.3 Å². The summed E-state index contributed by atoms with van der Waals surface area (Å²) in [5.74, 6) is -0.626. The summed E-state index contributed by atoms with van der Waals surface area (Å²) in [6.45, 7) is 6.26. The van der Waals surface area contributed by atoms with Crippen LogP contribution < -0.4 is 10.6 Å². The van der Waals surface area contributed by atoms with Gasteiger partial charge < -0.3 is 20.8 Å². The second kappa shape index (κ2) is 9.45. The van der Waals surface area contributed by atoms with Crippen LogP contribution in [0.25, 0.3) is 0 Å². The molecule has 27 heavy (non-hydrogen) atoms. The van der Waals surface area contributed by atoms with Crippen LogP contribution in [0, 0.1) is 5.92 Å². The summed E-state index contributed by atoms with van der Waals surface area (Å²) < 4.78 is 0. The van der Waals surface area contributed by atoms with Crippen molar-refractivity contribution in [3.8, 4) is 0 Å². The van der Waals surface area contributed by atoms with Crippen LogP contribution in [0.2, 0.25) is 0 Å². The minimum atomic E-state index is -0.794. The molecular weight excluding hydrogens is 340 g/mol. The Morgan fingerprint density at radius 2 is 1.96 bits per heavy atom. The van der Waals surface area contributed by atoms with Gasteiger partial charge in [0.15, 0.2) is 0 Å². The number of anilines is 2. The average Bonchev–Trinajstić information content (AvgIpc) is 2.59. The molecule has 0 unspecified atom stereocenters. The van der Waals surface area contributed by atoms with Gasteiger partial charge in [0.25, 0.3) is 0 Å². The summed E-state index contributed by atoms with van der Waals surface area (Å²) in [7, 11) is 0. The van der Waals surface area contributed by atoms with Gasteiger partial charge >= 0.3 is 5.97 Å². The first-order valence-corrected chi connectivity index (χ1v) is 10.3. The number of carboxylic acid groups (broad SMARTS) is 1. The SMILES string of the molecule is CC[C@@H](CC(=O)O)Cc1ccc(N(CC(C)(C)O)C2CCCCC2)c(N)c1. The summed E-state index contributed by atoms with van der Waals surface area (Å²) >= 11 is 0. The maximum Gasteiger partial charge on any atom is 0.303 e. The maximum absolute atomic E-state index is 11.0. The summed E-state index contributed by atoms with van der Waals surface area (Å²) in [6.07, 6.45) is 7.73. The van der Waals surface area contributed by atoms with E-state index in [0.717, 1.165) is 36.9 Å². The van der Waals surface area contributed by atoms with Gasteiger partial charge in [0, 0.05) is 19.0 Å². The first-order chi connectivity index (χ1) is 12.7. The number of nitrogen functional groups attached to an aromatic ring is 1. The third kappa shape index (κ3) is 6.73. The van der Waals surface area contributed by atoms with Crippen molar-refractivity contribution < 1.29 is 15.0 Å². The highest BCUT2D eigenvalue weighted by molar-refractivity contribution is 5.69. The molecule has 0 bridgehead atoms. The highest BCUT2D eigenvalue weighted by Crippen LogP contribution is 2.33. The molecule has 0 radical (unpaired) electrons. The normalized spacial score (nSPS) is 16.9. The molecule has 0 aromatic heterocycles. The Labute approximate surface area is 163 Å². The standard InChI is InChI=1S/C22H36N2O3/c1-4-16(14-21(25)26)12-17-10-11-20(19(23)13-17)24(15-22(2,3)27)18-8-6-5-7-9-18/h10-11,13,16,18,27H,4-9,12,14-15,23H2,1-3H3,(H,25,26)/t16-/m1/s1. The molecule has 0 spiro atoms. The summed E-state index contributed by atoms with van der Waals surface area (Å²) in [6, 6.07) is 6.52. The topological polar surface area (TPSA) is 86.8 Å². The van der Waals surface area contributed by atoms with Crippen LogP contribution in [0.5, 0.6) is 0 Å². The zero-order valence-electron chi connectivity index (χ0n) is 17.1. The van der Waals surface area contributed by atoms with E-state index >= 15 is 0 Å². The van der Waals surface area contributed by atoms with Gasteiger partial charge in [-0.15, -0.1) is 0 Å². The van der Waals surface area contributed by atoms with Crippen molar-refractivity contribution in [1.29, 1.82) is 0 Å². The molecular formula is C22H36N2O3. The van der Waals surface area contributed by atoms with E-state index < -0.39 is 11.6 Å². The summed E-state index contributed by atoms with van der Waals surface area (Å²) in [5, 5.41) is 19.5. The van der Waals surface area contributed by atoms with Crippen molar-refractivity contribution in [2.45, 2.75) is 83.8 Å². The molecule has 1 aromatic carbocycles. The lowest BCUT2D eigenvalue weighted by Crippen LogP contribution is -2.45. The monoisotopic (exact) mass is 376 g/mol. The minimum absolute atomic E-state index is 0.124. The van der Waals surface area contributed by atoms with Crippen molar-refractivity contribution in [2.24, 2.45) is 5.92 Å². The number of benzene rings is 1. The molecule has 1 aliphatic rings. The highest BCUT2D eigenvalue weighted by atomic mass is 16.4. The van der Waals surface area contributed by atoms with Gasteiger partial charge in [-0.3, -0.25) is 4.79 Å². The number of carbonyl (C=O) groups is 1. The molecule has 1 atom stereocenters. The number of aliphatic carboxylic acids is 1. The third-order valence-electron chi connectivity index (χ3n) is 5.54. The molecule has 0 heterocycles. The smallest absolute Gasteiger partial charge is 0.303 e. The Hall–Kier alpha value is -1.75. The predicted octanol–water partition coefficient (Wildman–Crippen LogP) is 4.22. The number of nitrogens with zero attached hydrogens (tertiary/aromatic N) is 1. The zero-order valence-corrected chi connectivity index (χ0v) is 17.1. The largest absolute Gasteiger partial charge is 0.481 e. The van der Waals surface area contributed by atoms with Gasteiger partial charge in [-0.2, -0.15) is 0 Å². The molecule has 0 amide bonds. The number of rotatable bonds is 9. The lowest BCUT2D eigenvalue weighted by atomic mass is 9.91. The van der Waals surface area contributed by atoms with E-state index in [9.17, 15) is 9.90 Å². The molecule has 1 aromatic rings. The molecule has 1 saturated carbocycles. The second-order valence-corrected chi connectivity index (χ2v) is 8.70. The number of hydrogen-bond acceptors (Lipinski definition) is 4. The fourth-order valence-electron chi connectivity index (χ4n) is 4.15. The number of aliphatic hydroxyl groups is 1. The second-order valence-electron chi connectivity index (χ2n) is 8.70. The van der Waals surface area contributed by atoms with Crippen LogP contribution in [-0.2, 0) is 11.2 Å². The van der Waals surface area contributed by atoms with Crippen LogP contribution in [0.4, 0.5) is 11.4 Å². The molecule has 1 aliphatic carbocycles. The zero-order chi connectivity index (χ0) is 20.0. The Balaban J connectivity index is 2.21. The quantitative estimate of drug-likeness (QED) is 0.562. The Bertz CT molecular complexity index is 618. The Morgan fingerprint density at radius 1 is 1.30 bits per heavy atom. The van der Waals surface area contributed by atoms with E-state index in [1.807, 2.05) is 26.8 Å². The lowest BCUT2D eigenvalue weighted by Gasteiger charge is -2.40. The van der Waals surface area contributed by atoms with E-state index in [4.69, 9.17) is 10.8 Å². The van der Waals surface area contributed by atoms with Crippen molar-refractivity contribution in [2.75, 3.05) is 17.2 Å².